The molecule has 0 heterocycles. The minimum atomic E-state index is 0.649. The molecule has 0 radical (unpaired) electrons. The summed E-state index contributed by atoms with van der Waals surface area (Å²) < 4.78 is 6.66. The fourth-order valence-corrected chi connectivity index (χ4v) is 1.72. The molecule has 3 heteroatoms. The minimum Gasteiger partial charge on any atom is -0.492 e. The van der Waals surface area contributed by atoms with Gasteiger partial charge in [-0.05, 0) is 36.4 Å². The molecule has 0 saturated heterocycles. The van der Waals surface area contributed by atoms with Gasteiger partial charge in [-0.15, -0.1) is 0 Å². The van der Waals surface area contributed by atoms with E-state index in [4.69, 9.17) is 4.74 Å². The highest BCUT2D eigenvalue weighted by atomic mass is 79.9. The fourth-order valence-electron chi connectivity index (χ4n) is 1.45. The number of rotatable bonds is 5. The first kappa shape index (κ1) is 12.0. The van der Waals surface area contributed by atoms with E-state index in [2.05, 4.69) is 21.2 Å². The maximum Gasteiger partial charge on any atom is 0.119 e. The predicted molar refractivity (Wildman–Crippen MR) is 74.6 cm³/mol. The molecule has 0 atom stereocenters. The van der Waals surface area contributed by atoms with Gasteiger partial charge in [-0.25, -0.2) is 0 Å². The van der Waals surface area contributed by atoms with Crippen molar-refractivity contribution < 1.29 is 4.74 Å². The Morgan fingerprint density at radius 2 is 1.65 bits per heavy atom. The Morgan fingerprint density at radius 3 is 2.35 bits per heavy atom. The molecule has 0 aliphatic rings. The first-order valence-electron chi connectivity index (χ1n) is 5.52. The zero-order valence-electron chi connectivity index (χ0n) is 9.40. The molecular weight excluding hydrogens is 278 g/mol. The summed E-state index contributed by atoms with van der Waals surface area (Å²) in [6, 6.07) is 18.0. The van der Waals surface area contributed by atoms with E-state index in [-0.39, 0.29) is 0 Å². The normalized spacial score (nSPS) is 9.94. The monoisotopic (exact) mass is 291 g/mol. The van der Waals surface area contributed by atoms with Crippen molar-refractivity contribution in [3.63, 3.8) is 0 Å². The lowest BCUT2D eigenvalue weighted by Crippen LogP contribution is -2.11. The average molecular weight is 292 g/mol. The van der Waals surface area contributed by atoms with Gasteiger partial charge in [0.2, 0.25) is 0 Å². The van der Waals surface area contributed by atoms with Crippen LogP contribution in [0.2, 0.25) is 0 Å². The summed E-state index contributed by atoms with van der Waals surface area (Å²) in [6.45, 7) is 1.44. The largest absolute Gasteiger partial charge is 0.492 e. The number of nitrogens with one attached hydrogen (secondary N) is 1. The smallest absolute Gasteiger partial charge is 0.119 e. The van der Waals surface area contributed by atoms with Gasteiger partial charge in [0.25, 0.3) is 0 Å². The van der Waals surface area contributed by atoms with Gasteiger partial charge in [0, 0.05) is 16.7 Å². The van der Waals surface area contributed by atoms with E-state index in [1.807, 2.05) is 54.6 Å². The molecule has 0 spiro atoms. The number of hydrogen-bond acceptors (Lipinski definition) is 2. The van der Waals surface area contributed by atoms with E-state index in [0.717, 1.165) is 22.5 Å². The summed E-state index contributed by atoms with van der Waals surface area (Å²) in [5, 5.41) is 3.29. The van der Waals surface area contributed by atoms with Crippen LogP contribution in [0, 0.1) is 0 Å². The summed E-state index contributed by atoms with van der Waals surface area (Å²) in [4.78, 5) is 0. The third-order valence-electron chi connectivity index (χ3n) is 2.29. The maximum absolute atomic E-state index is 5.60. The van der Waals surface area contributed by atoms with Crippen LogP contribution < -0.4 is 10.1 Å². The Hall–Kier alpha value is -1.48. The van der Waals surface area contributed by atoms with Crippen LogP contribution in [0.3, 0.4) is 0 Å². The number of para-hydroxylation sites is 1. The highest BCUT2D eigenvalue weighted by Crippen LogP contribution is 2.15. The van der Waals surface area contributed by atoms with Crippen LogP contribution in [0.4, 0.5) is 5.69 Å². The molecule has 1 N–H and O–H groups in total. The topological polar surface area (TPSA) is 21.3 Å². The minimum absolute atomic E-state index is 0.649. The molecule has 88 valence electrons. The second kappa shape index (κ2) is 6.30. The first-order chi connectivity index (χ1) is 8.34. The standard InChI is InChI=1S/C14H14BrNO/c15-12-6-8-14(9-7-12)17-11-10-16-13-4-2-1-3-5-13/h1-9,16H,10-11H2. The Kier molecular flexibility index (Phi) is 4.45. The molecule has 2 nitrogen and oxygen atoms in total. The van der Waals surface area contributed by atoms with Crippen molar-refractivity contribution in [2.75, 3.05) is 18.5 Å². The molecule has 2 aromatic carbocycles. The molecule has 0 unspecified atom stereocenters. The highest BCUT2D eigenvalue weighted by Gasteiger charge is 1.93. The summed E-state index contributed by atoms with van der Waals surface area (Å²) >= 11 is 3.39. The van der Waals surface area contributed by atoms with Crippen LogP contribution in [-0.4, -0.2) is 13.2 Å². The lowest BCUT2D eigenvalue weighted by atomic mass is 10.3. The third-order valence-corrected chi connectivity index (χ3v) is 2.82. The summed E-state index contributed by atoms with van der Waals surface area (Å²) in [5.41, 5.74) is 1.12. The predicted octanol–water partition coefficient (Wildman–Crippen LogP) is 3.94. The summed E-state index contributed by atoms with van der Waals surface area (Å²) in [6.07, 6.45) is 0. The number of ether oxygens (including phenoxy) is 1. The molecule has 0 bridgehead atoms. The summed E-state index contributed by atoms with van der Waals surface area (Å²) in [5.74, 6) is 0.892. The quantitative estimate of drug-likeness (QED) is 0.843. The number of halogens is 1. The van der Waals surface area contributed by atoms with Gasteiger partial charge in [0.05, 0.1) is 0 Å². The van der Waals surface area contributed by atoms with E-state index in [9.17, 15) is 0 Å². The van der Waals surface area contributed by atoms with Crippen LogP contribution in [-0.2, 0) is 0 Å². The van der Waals surface area contributed by atoms with Crippen molar-refractivity contribution >= 4 is 21.6 Å². The van der Waals surface area contributed by atoms with Crippen LogP contribution in [0.15, 0.2) is 59.1 Å². The zero-order valence-corrected chi connectivity index (χ0v) is 11.0. The van der Waals surface area contributed by atoms with Crippen molar-refractivity contribution in [1.29, 1.82) is 0 Å². The van der Waals surface area contributed by atoms with Gasteiger partial charge in [-0.2, -0.15) is 0 Å². The Labute approximate surface area is 110 Å². The van der Waals surface area contributed by atoms with Gasteiger partial charge < -0.3 is 10.1 Å². The van der Waals surface area contributed by atoms with E-state index in [1.165, 1.54) is 0 Å². The lowest BCUT2D eigenvalue weighted by Gasteiger charge is -2.08. The number of benzene rings is 2. The van der Waals surface area contributed by atoms with Crippen LogP contribution in [0.5, 0.6) is 5.75 Å². The molecule has 0 fully saturated rings. The van der Waals surface area contributed by atoms with Crippen LogP contribution >= 0.6 is 15.9 Å². The van der Waals surface area contributed by atoms with E-state index < -0.39 is 0 Å². The van der Waals surface area contributed by atoms with E-state index >= 15 is 0 Å². The Balaban J connectivity index is 1.71. The zero-order chi connectivity index (χ0) is 11.9. The van der Waals surface area contributed by atoms with Crippen molar-refractivity contribution in [3.8, 4) is 5.75 Å². The summed E-state index contributed by atoms with van der Waals surface area (Å²) in [7, 11) is 0. The highest BCUT2D eigenvalue weighted by molar-refractivity contribution is 9.10. The Morgan fingerprint density at radius 1 is 0.941 bits per heavy atom. The van der Waals surface area contributed by atoms with Crippen molar-refractivity contribution in [2.45, 2.75) is 0 Å². The molecule has 0 saturated carbocycles. The second-order valence-electron chi connectivity index (χ2n) is 3.60. The van der Waals surface area contributed by atoms with Gasteiger partial charge >= 0.3 is 0 Å². The van der Waals surface area contributed by atoms with Gasteiger partial charge in [-0.3, -0.25) is 0 Å². The maximum atomic E-state index is 5.60. The fraction of sp³-hybridized carbons (Fsp3) is 0.143. The van der Waals surface area contributed by atoms with Crippen LogP contribution in [0.25, 0.3) is 0 Å². The Bertz CT molecular complexity index is 442. The molecule has 2 rings (SSSR count). The van der Waals surface area contributed by atoms with Gasteiger partial charge in [0.1, 0.15) is 12.4 Å². The SMILES string of the molecule is Brc1ccc(OCCNc2ccccc2)cc1. The average Bonchev–Trinajstić information content (AvgIpc) is 2.38. The molecule has 2 aromatic rings. The second-order valence-corrected chi connectivity index (χ2v) is 4.51. The molecular formula is C14H14BrNO. The van der Waals surface area contributed by atoms with Crippen molar-refractivity contribution in [1.82, 2.24) is 0 Å². The number of anilines is 1. The first-order valence-corrected chi connectivity index (χ1v) is 6.31. The van der Waals surface area contributed by atoms with E-state index in [0.29, 0.717) is 6.61 Å². The number of hydrogen-bond donors (Lipinski definition) is 1. The molecule has 0 aliphatic carbocycles. The van der Waals surface area contributed by atoms with Crippen LogP contribution in [0.1, 0.15) is 0 Å². The third kappa shape index (κ3) is 4.11. The van der Waals surface area contributed by atoms with E-state index in [1.54, 1.807) is 0 Å². The van der Waals surface area contributed by atoms with Crippen molar-refractivity contribution in [2.24, 2.45) is 0 Å². The molecule has 0 aliphatic heterocycles. The lowest BCUT2D eigenvalue weighted by molar-refractivity contribution is 0.333. The van der Waals surface area contributed by atoms with Crippen molar-refractivity contribution in [3.05, 3.63) is 59.1 Å². The molecule has 17 heavy (non-hydrogen) atoms. The molecule has 0 amide bonds. The van der Waals surface area contributed by atoms with Gasteiger partial charge in [0.15, 0.2) is 0 Å². The van der Waals surface area contributed by atoms with Gasteiger partial charge in [-0.1, -0.05) is 34.1 Å². The molecule has 0 aromatic heterocycles.